The van der Waals surface area contributed by atoms with Crippen LogP contribution in [0.2, 0.25) is 0 Å². The molecule has 0 amide bonds. The maximum absolute atomic E-state index is 5.98. The van der Waals surface area contributed by atoms with Crippen LogP contribution in [-0.4, -0.2) is 20.6 Å². The molecule has 1 aromatic carbocycles. The summed E-state index contributed by atoms with van der Waals surface area (Å²) in [5, 5.41) is 8.86. The SMILES string of the molecule is CC#CCSc1nnc(-c2ccc(C)cc2)n1N. The molecule has 0 saturated heterocycles. The van der Waals surface area contributed by atoms with Gasteiger partial charge >= 0.3 is 0 Å². The van der Waals surface area contributed by atoms with Crippen molar-refractivity contribution in [2.24, 2.45) is 0 Å². The van der Waals surface area contributed by atoms with Gasteiger partial charge in [0.05, 0.1) is 5.75 Å². The molecule has 1 heterocycles. The molecule has 2 N–H and O–H groups in total. The van der Waals surface area contributed by atoms with Gasteiger partial charge in [0.2, 0.25) is 5.16 Å². The number of aromatic nitrogens is 3. The highest BCUT2D eigenvalue weighted by Gasteiger charge is 2.11. The molecule has 5 heteroatoms. The Balaban J connectivity index is 2.24. The molecular weight excluding hydrogens is 244 g/mol. The molecule has 2 aromatic rings. The minimum Gasteiger partial charge on any atom is -0.335 e. The maximum atomic E-state index is 5.98. The zero-order valence-corrected chi connectivity index (χ0v) is 11.2. The number of aryl methyl sites for hydroxylation is 1. The average Bonchev–Trinajstić information content (AvgIpc) is 2.73. The van der Waals surface area contributed by atoms with E-state index in [1.165, 1.54) is 22.0 Å². The number of nitrogens with two attached hydrogens (primary N) is 1. The van der Waals surface area contributed by atoms with Gasteiger partial charge < -0.3 is 5.84 Å². The fraction of sp³-hybridized carbons (Fsp3) is 0.231. The van der Waals surface area contributed by atoms with Gasteiger partial charge in [-0.2, -0.15) is 0 Å². The van der Waals surface area contributed by atoms with Gasteiger partial charge in [0.15, 0.2) is 5.82 Å². The normalized spacial score (nSPS) is 9.89. The Hall–Kier alpha value is -1.93. The molecule has 2 rings (SSSR count). The molecule has 0 bridgehead atoms. The summed E-state index contributed by atoms with van der Waals surface area (Å²) in [6.45, 7) is 3.85. The molecule has 1 aromatic heterocycles. The monoisotopic (exact) mass is 258 g/mol. The maximum Gasteiger partial charge on any atom is 0.211 e. The van der Waals surface area contributed by atoms with Crippen molar-refractivity contribution >= 4 is 11.8 Å². The van der Waals surface area contributed by atoms with Crippen molar-refractivity contribution in [1.29, 1.82) is 0 Å². The molecule has 0 fully saturated rings. The van der Waals surface area contributed by atoms with Crippen molar-refractivity contribution in [1.82, 2.24) is 14.9 Å². The van der Waals surface area contributed by atoms with E-state index in [1.807, 2.05) is 38.1 Å². The first-order valence-corrected chi connectivity index (χ1v) is 6.51. The molecule has 0 aliphatic rings. The lowest BCUT2D eigenvalue weighted by atomic mass is 10.1. The fourth-order valence-corrected chi connectivity index (χ4v) is 2.12. The first-order chi connectivity index (χ1) is 8.72. The summed E-state index contributed by atoms with van der Waals surface area (Å²) in [5.41, 5.74) is 2.17. The molecule has 0 spiro atoms. The van der Waals surface area contributed by atoms with Gasteiger partial charge in [0.1, 0.15) is 0 Å². The minimum atomic E-state index is 0.666. The van der Waals surface area contributed by atoms with Gasteiger partial charge in [-0.15, -0.1) is 16.1 Å². The standard InChI is InChI=1S/C13H14N4S/c1-3-4-9-18-13-16-15-12(17(13)14)11-7-5-10(2)6-8-11/h5-8H,9,14H2,1-2H3. The Morgan fingerprint density at radius 3 is 2.67 bits per heavy atom. The first-order valence-electron chi connectivity index (χ1n) is 5.52. The lowest BCUT2D eigenvalue weighted by Gasteiger charge is -2.02. The average molecular weight is 258 g/mol. The van der Waals surface area contributed by atoms with Crippen LogP contribution in [0.4, 0.5) is 0 Å². The van der Waals surface area contributed by atoms with Crippen LogP contribution in [-0.2, 0) is 0 Å². The Labute approximate surface area is 111 Å². The largest absolute Gasteiger partial charge is 0.335 e. The van der Waals surface area contributed by atoms with Crippen molar-refractivity contribution in [2.45, 2.75) is 19.0 Å². The summed E-state index contributed by atoms with van der Waals surface area (Å²) < 4.78 is 1.51. The van der Waals surface area contributed by atoms with Crippen LogP contribution < -0.4 is 5.84 Å². The molecule has 0 aliphatic heterocycles. The van der Waals surface area contributed by atoms with Crippen molar-refractivity contribution < 1.29 is 0 Å². The number of rotatable bonds is 3. The fourth-order valence-electron chi connectivity index (χ4n) is 1.45. The van der Waals surface area contributed by atoms with Crippen LogP contribution in [0.15, 0.2) is 29.4 Å². The molecule has 0 saturated carbocycles. The molecule has 92 valence electrons. The van der Waals surface area contributed by atoms with Crippen LogP contribution in [0.5, 0.6) is 0 Å². The molecule has 4 nitrogen and oxygen atoms in total. The molecule has 0 aliphatic carbocycles. The zero-order valence-electron chi connectivity index (χ0n) is 10.3. The number of nitrogen functional groups attached to an aromatic ring is 1. The van der Waals surface area contributed by atoms with E-state index in [4.69, 9.17) is 5.84 Å². The van der Waals surface area contributed by atoms with E-state index in [9.17, 15) is 0 Å². The summed E-state index contributed by atoms with van der Waals surface area (Å²) in [7, 11) is 0. The van der Waals surface area contributed by atoms with E-state index in [0.29, 0.717) is 16.7 Å². The highest BCUT2D eigenvalue weighted by molar-refractivity contribution is 7.99. The topological polar surface area (TPSA) is 56.7 Å². The second kappa shape index (κ2) is 5.61. The van der Waals surface area contributed by atoms with Gasteiger partial charge in [0.25, 0.3) is 0 Å². The highest BCUT2D eigenvalue weighted by Crippen LogP contribution is 2.21. The highest BCUT2D eigenvalue weighted by atomic mass is 32.2. The Morgan fingerprint density at radius 1 is 1.28 bits per heavy atom. The number of thioether (sulfide) groups is 1. The minimum absolute atomic E-state index is 0.666. The van der Waals surface area contributed by atoms with E-state index in [2.05, 4.69) is 22.0 Å². The first kappa shape index (κ1) is 12.5. The van der Waals surface area contributed by atoms with Gasteiger partial charge in [0, 0.05) is 5.56 Å². The quantitative estimate of drug-likeness (QED) is 0.520. The van der Waals surface area contributed by atoms with Crippen LogP contribution in [0, 0.1) is 18.8 Å². The van der Waals surface area contributed by atoms with Crippen molar-refractivity contribution in [3.05, 3.63) is 29.8 Å². The van der Waals surface area contributed by atoms with E-state index in [-0.39, 0.29) is 0 Å². The second-order valence-corrected chi connectivity index (χ2v) is 4.70. The smallest absolute Gasteiger partial charge is 0.211 e. The molecule has 0 unspecified atom stereocenters. The predicted octanol–water partition coefficient (Wildman–Crippen LogP) is 2.08. The van der Waals surface area contributed by atoms with Crippen LogP contribution in [0.3, 0.4) is 0 Å². The molecule has 0 atom stereocenters. The number of hydrogen-bond donors (Lipinski definition) is 1. The second-order valence-electron chi connectivity index (χ2n) is 3.76. The lowest BCUT2D eigenvalue weighted by molar-refractivity contribution is 0.851. The summed E-state index contributed by atoms with van der Waals surface area (Å²) in [6, 6.07) is 8.03. The van der Waals surface area contributed by atoms with E-state index in [0.717, 1.165) is 5.56 Å². The van der Waals surface area contributed by atoms with Crippen LogP contribution in [0.1, 0.15) is 12.5 Å². The van der Waals surface area contributed by atoms with E-state index < -0.39 is 0 Å². The van der Waals surface area contributed by atoms with E-state index >= 15 is 0 Å². The third-order valence-corrected chi connectivity index (χ3v) is 3.25. The predicted molar refractivity (Wildman–Crippen MR) is 74.5 cm³/mol. The van der Waals surface area contributed by atoms with Gasteiger partial charge in [-0.3, -0.25) is 0 Å². The van der Waals surface area contributed by atoms with Crippen molar-refractivity contribution in [2.75, 3.05) is 11.6 Å². The number of hydrogen-bond acceptors (Lipinski definition) is 4. The Kier molecular flexibility index (Phi) is 3.90. The lowest BCUT2D eigenvalue weighted by Crippen LogP contribution is -2.11. The summed E-state index contributed by atoms with van der Waals surface area (Å²) in [5.74, 6) is 13.1. The van der Waals surface area contributed by atoms with Gasteiger partial charge in [-0.05, 0) is 13.8 Å². The summed E-state index contributed by atoms with van der Waals surface area (Å²) in [6.07, 6.45) is 0. The van der Waals surface area contributed by atoms with Gasteiger partial charge in [-0.25, -0.2) is 4.68 Å². The molecule has 0 radical (unpaired) electrons. The van der Waals surface area contributed by atoms with Crippen LogP contribution in [0.25, 0.3) is 11.4 Å². The summed E-state index contributed by atoms with van der Waals surface area (Å²) in [4.78, 5) is 0. The number of benzene rings is 1. The summed E-state index contributed by atoms with van der Waals surface area (Å²) >= 11 is 1.48. The third kappa shape index (κ3) is 2.66. The Morgan fingerprint density at radius 2 is 2.00 bits per heavy atom. The zero-order chi connectivity index (χ0) is 13.0. The van der Waals surface area contributed by atoms with Crippen LogP contribution >= 0.6 is 11.8 Å². The number of nitrogens with zero attached hydrogens (tertiary/aromatic N) is 3. The molecular formula is C13H14N4S. The molecule has 18 heavy (non-hydrogen) atoms. The van der Waals surface area contributed by atoms with Crippen molar-refractivity contribution in [3.63, 3.8) is 0 Å². The third-order valence-electron chi connectivity index (χ3n) is 2.42. The van der Waals surface area contributed by atoms with E-state index in [1.54, 1.807) is 0 Å². The Bertz CT molecular complexity index is 590. The van der Waals surface area contributed by atoms with Gasteiger partial charge in [-0.1, -0.05) is 47.5 Å². The van der Waals surface area contributed by atoms with Crippen molar-refractivity contribution in [3.8, 4) is 23.2 Å².